The van der Waals surface area contributed by atoms with E-state index in [2.05, 4.69) is 4.74 Å². The van der Waals surface area contributed by atoms with Crippen LogP contribution in [0.3, 0.4) is 0 Å². The van der Waals surface area contributed by atoms with Crippen LogP contribution in [0.15, 0.2) is 18.2 Å². The molecule has 0 bridgehead atoms. The third-order valence-corrected chi connectivity index (χ3v) is 2.10. The summed E-state index contributed by atoms with van der Waals surface area (Å²) in [6.45, 7) is 1.57. The number of ether oxygens (including phenoxy) is 2. The summed E-state index contributed by atoms with van der Waals surface area (Å²) in [5.74, 6) is -0.0944. The Balaban J connectivity index is 2.80. The van der Waals surface area contributed by atoms with E-state index < -0.39 is 12.1 Å². The third kappa shape index (κ3) is 3.02. The average molecular weight is 230 g/mol. The van der Waals surface area contributed by atoms with Crippen LogP contribution < -0.4 is 10.5 Å². The molecular formula is C10H12ClNO3. The molecule has 0 aliphatic rings. The lowest BCUT2D eigenvalue weighted by Crippen LogP contribution is -2.25. The Morgan fingerprint density at radius 2 is 2.20 bits per heavy atom. The van der Waals surface area contributed by atoms with Gasteiger partial charge in [-0.1, -0.05) is 11.6 Å². The minimum atomic E-state index is -0.714. The highest BCUT2D eigenvalue weighted by Crippen LogP contribution is 2.27. The zero-order chi connectivity index (χ0) is 11.4. The van der Waals surface area contributed by atoms with Crippen molar-refractivity contribution in [1.29, 1.82) is 0 Å². The molecule has 0 aliphatic heterocycles. The van der Waals surface area contributed by atoms with Crippen LogP contribution in [0, 0.1) is 0 Å². The van der Waals surface area contributed by atoms with E-state index in [1.54, 1.807) is 25.1 Å². The van der Waals surface area contributed by atoms with Crippen LogP contribution in [0.4, 0.5) is 5.69 Å². The lowest BCUT2D eigenvalue weighted by atomic mass is 10.3. The molecule has 1 aromatic carbocycles. The summed E-state index contributed by atoms with van der Waals surface area (Å²) in [5.41, 5.74) is 6.08. The Morgan fingerprint density at radius 3 is 2.80 bits per heavy atom. The molecule has 0 saturated carbocycles. The number of nitrogens with two attached hydrogens (primary N) is 1. The van der Waals surface area contributed by atoms with E-state index in [1.807, 2.05) is 0 Å². The lowest BCUT2D eigenvalue weighted by Gasteiger charge is -2.13. The number of esters is 1. The van der Waals surface area contributed by atoms with Gasteiger partial charge in [-0.15, -0.1) is 0 Å². The van der Waals surface area contributed by atoms with Gasteiger partial charge in [-0.05, 0) is 19.1 Å². The molecule has 5 heteroatoms. The molecule has 0 unspecified atom stereocenters. The Morgan fingerprint density at radius 1 is 1.53 bits per heavy atom. The fraction of sp³-hybridized carbons (Fsp3) is 0.300. The SMILES string of the molecule is COC(=O)[C@@H](C)Oc1cc(N)ccc1Cl. The number of hydrogen-bond acceptors (Lipinski definition) is 4. The molecule has 1 atom stereocenters. The van der Waals surface area contributed by atoms with E-state index in [1.165, 1.54) is 7.11 Å². The van der Waals surface area contributed by atoms with E-state index in [0.717, 1.165) is 0 Å². The van der Waals surface area contributed by atoms with Gasteiger partial charge in [-0.2, -0.15) is 0 Å². The van der Waals surface area contributed by atoms with Crippen molar-refractivity contribution in [3.8, 4) is 5.75 Å². The van der Waals surface area contributed by atoms with Gasteiger partial charge >= 0.3 is 5.97 Å². The molecule has 1 rings (SSSR count). The molecule has 0 aliphatic carbocycles. The number of carbonyl (C=O) groups excluding carboxylic acids is 1. The molecule has 2 N–H and O–H groups in total. The predicted molar refractivity (Wildman–Crippen MR) is 58.0 cm³/mol. The highest BCUT2D eigenvalue weighted by Gasteiger charge is 2.16. The fourth-order valence-electron chi connectivity index (χ4n) is 1.01. The van der Waals surface area contributed by atoms with Crippen molar-refractivity contribution >= 4 is 23.3 Å². The number of benzene rings is 1. The summed E-state index contributed by atoms with van der Waals surface area (Å²) in [5, 5.41) is 0.403. The zero-order valence-corrected chi connectivity index (χ0v) is 9.25. The molecule has 4 nitrogen and oxygen atoms in total. The first-order valence-corrected chi connectivity index (χ1v) is 4.72. The van der Waals surface area contributed by atoms with Crippen LogP contribution in [0.5, 0.6) is 5.75 Å². The number of anilines is 1. The van der Waals surface area contributed by atoms with Gasteiger partial charge in [0.2, 0.25) is 0 Å². The van der Waals surface area contributed by atoms with Crippen LogP contribution in [0.2, 0.25) is 5.02 Å². The molecule has 0 amide bonds. The van der Waals surface area contributed by atoms with Crippen LogP contribution in [0.25, 0.3) is 0 Å². The minimum Gasteiger partial charge on any atom is -0.477 e. The molecule has 0 heterocycles. The molecule has 82 valence electrons. The van der Waals surface area contributed by atoms with Crippen molar-refractivity contribution in [2.75, 3.05) is 12.8 Å². The first kappa shape index (κ1) is 11.7. The standard InChI is InChI=1S/C10H12ClNO3/c1-6(10(13)14-2)15-9-5-7(12)3-4-8(9)11/h3-6H,12H2,1-2H3/t6-/m1/s1. The molecule has 1 aromatic rings. The molecule has 0 aromatic heterocycles. The van der Waals surface area contributed by atoms with Crippen molar-refractivity contribution < 1.29 is 14.3 Å². The Kier molecular flexibility index (Phi) is 3.80. The molecule has 0 spiro atoms. The second kappa shape index (κ2) is 4.89. The molecule has 0 radical (unpaired) electrons. The molecular weight excluding hydrogens is 218 g/mol. The molecule has 0 fully saturated rings. The second-order valence-corrected chi connectivity index (χ2v) is 3.38. The van der Waals surface area contributed by atoms with Gasteiger partial charge in [0.15, 0.2) is 6.10 Å². The number of nitrogen functional groups attached to an aromatic ring is 1. The maximum absolute atomic E-state index is 11.1. The summed E-state index contributed by atoms with van der Waals surface area (Å²) < 4.78 is 9.81. The monoisotopic (exact) mass is 229 g/mol. The smallest absolute Gasteiger partial charge is 0.346 e. The summed E-state index contributed by atoms with van der Waals surface area (Å²) in [6, 6.07) is 4.82. The third-order valence-electron chi connectivity index (χ3n) is 1.79. The molecule has 0 saturated heterocycles. The van der Waals surface area contributed by atoms with Gasteiger partial charge in [-0.25, -0.2) is 4.79 Å². The van der Waals surface area contributed by atoms with Gasteiger partial charge in [0.05, 0.1) is 12.1 Å². The van der Waals surface area contributed by atoms with Gasteiger partial charge in [0, 0.05) is 11.8 Å². The lowest BCUT2D eigenvalue weighted by molar-refractivity contribution is -0.147. The number of halogens is 1. The van der Waals surface area contributed by atoms with Crippen LogP contribution in [-0.2, 0) is 9.53 Å². The minimum absolute atomic E-state index is 0.370. The van der Waals surface area contributed by atoms with Crippen molar-refractivity contribution in [3.63, 3.8) is 0 Å². The van der Waals surface area contributed by atoms with E-state index in [-0.39, 0.29) is 0 Å². The van der Waals surface area contributed by atoms with E-state index in [9.17, 15) is 4.79 Å². The maximum atomic E-state index is 11.1. The summed E-state index contributed by atoms with van der Waals surface area (Å²) >= 11 is 5.86. The quantitative estimate of drug-likeness (QED) is 0.635. The zero-order valence-electron chi connectivity index (χ0n) is 8.49. The van der Waals surface area contributed by atoms with Crippen molar-refractivity contribution in [2.24, 2.45) is 0 Å². The van der Waals surface area contributed by atoms with Gasteiger partial charge in [0.25, 0.3) is 0 Å². The van der Waals surface area contributed by atoms with E-state index in [4.69, 9.17) is 22.1 Å². The van der Waals surface area contributed by atoms with Crippen LogP contribution in [0.1, 0.15) is 6.92 Å². The Labute approximate surface area is 92.9 Å². The topological polar surface area (TPSA) is 61.5 Å². The summed E-state index contributed by atoms with van der Waals surface area (Å²) in [4.78, 5) is 11.1. The summed E-state index contributed by atoms with van der Waals surface area (Å²) in [7, 11) is 1.29. The van der Waals surface area contributed by atoms with E-state index >= 15 is 0 Å². The highest BCUT2D eigenvalue weighted by molar-refractivity contribution is 6.32. The highest BCUT2D eigenvalue weighted by atomic mass is 35.5. The van der Waals surface area contributed by atoms with Crippen LogP contribution >= 0.6 is 11.6 Å². The predicted octanol–water partition coefficient (Wildman–Crippen LogP) is 1.86. The fourth-order valence-corrected chi connectivity index (χ4v) is 1.18. The Hall–Kier alpha value is -1.42. The first-order chi connectivity index (χ1) is 7.04. The first-order valence-electron chi connectivity index (χ1n) is 4.34. The maximum Gasteiger partial charge on any atom is 0.346 e. The largest absolute Gasteiger partial charge is 0.477 e. The number of rotatable bonds is 3. The van der Waals surface area contributed by atoms with Gasteiger partial charge < -0.3 is 15.2 Å². The summed E-state index contributed by atoms with van der Waals surface area (Å²) in [6.07, 6.45) is -0.714. The second-order valence-electron chi connectivity index (χ2n) is 2.97. The molecule has 15 heavy (non-hydrogen) atoms. The normalized spacial score (nSPS) is 11.9. The van der Waals surface area contributed by atoms with Gasteiger partial charge in [-0.3, -0.25) is 0 Å². The van der Waals surface area contributed by atoms with Crippen molar-refractivity contribution in [2.45, 2.75) is 13.0 Å². The van der Waals surface area contributed by atoms with Gasteiger partial charge in [0.1, 0.15) is 5.75 Å². The number of hydrogen-bond donors (Lipinski definition) is 1. The van der Waals surface area contributed by atoms with E-state index in [0.29, 0.717) is 16.5 Å². The Bertz CT molecular complexity index is 368. The van der Waals surface area contributed by atoms with Crippen molar-refractivity contribution in [1.82, 2.24) is 0 Å². The van der Waals surface area contributed by atoms with Crippen LogP contribution in [-0.4, -0.2) is 19.2 Å². The number of carbonyl (C=O) groups is 1. The number of methoxy groups -OCH3 is 1. The average Bonchev–Trinajstić information content (AvgIpc) is 2.22. The van der Waals surface area contributed by atoms with Crippen molar-refractivity contribution in [3.05, 3.63) is 23.2 Å².